The van der Waals surface area contributed by atoms with E-state index in [0.717, 1.165) is 25.9 Å². The predicted octanol–water partition coefficient (Wildman–Crippen LogP) is 1.94. The first-order valence-corrected chi connectivity index (χ1v) is 11.9. The molecule has 2 aliphatic heterocycles. The number of piperidine rings is 2. The van der Waals surface area contributed by atoms with Crippen LogP contribution in [-0.4, -0.2) is 70.4 Å². The van der Waals surface area contributed by atoms with Crippen LogP contribution in [0.2, 0.25) is 0 Å². The van der Waals surface area contributed by atoms with Gasteiger partial charge in [-0.3, -0.25) is 4.79 Å². The zero-order chi connectivity index (χ0) is 20.9. The molecule has 2 heterocycles. The zero-order valence-corrected chi connectivity index (χ0v) is 18.3. The second-order valence-electron chi connectivity index (χ2n) is 8.20. The lowest BCUT2D eigenvalue weighted by Crippen LogP contribution is -2.45. The summed E-state index contributed by atoms with van der Waals surface area (Å²) in [4.78, 5) is 15.2. The number of methoxy groups -OCH3 is 1. The number of carbonyl (C=O) groups excluding carboxylic acids is 1. The Bertz CT molecular complexity index is 774. The molecule has 3 rings (SSSR count). The zero-order valence-electron chi connectivity index (χ0n) is 17.5. The molecular formula is C21H33N3O4S. The van der Waals surface area contributed by atoms with Gasteiger partial charge in [-0.1, -0.05) is 0 Å². The second-order valence-corrected chi connectivity index (χ2v) is 10.1. The number of rotatable bonds is 7. The molecule has 1 atom stereocenters. The fourth-order valence-corrected chi connectivity index (χ4v) is 5.69. The standard InChI is InChI=1S/C21H33N3O4S/c1-23-14-10-17(11-15-23)9-12-22-21(25)18-4-3-13-24(16-18)29(26,27)20-7-5-19(28-2)6-8-20/h5-8,17-18H,3-4,9-16H2,1-2H3,(H,22,25). The van der Waals surface area contributed by atoms with Gasteiger partial charge < -0.3 is 15.0 Å². The summed E-state index contributed by atoms with van der Waals surface area (Å²) in [5, 5.41) is 3.05. The maximum atomic E-state index is 13.0. The molecule has 1 unspecified atom stereocenters. The number of ether oxygens (including phenoxy) is 1. The van der Waals surface area contributed by atoms with Crippen molar-refractivity contribution in [2.75, 3.05) is 46.9 Å². The molecule has 1 N–H and O–H groups in total. The Labute approximate surface area is 174 Å². The first-order chi connectivity index (χ1) is 13.9. The van der Waals surface area contributed by atoms with Gasteiger partial charge in [-0.15, -0.1) is 0 Å². The molecule has 0 spiro atoms. The molecule has 2 saturated heterocycles. The van der Waals surface area contributed by atoms with E-state index in [1.54, 1.807) is 31.4 Å². The van der Waals surface area contributed by atoms with Gasteiger partial charge in [0.05, 0.1) is 17.9 Å². The average molecular weight is 424 g/mol. The number of carbonyl (C=O) groups is 1. The third-order valence-corrected chi connectivity index (χ3v) is 8.02. The number of benzene rings is 1. The highest BCUT2D eigenvalue weighted by Gasteiger charge is 2.33. The highest BCUT2D eigenvalue weighted by Crippen LogP contribution is 2.25. The number of hydrogen-bond acceptors (Lipinski definition) is 5. The van der Waals surface area contributed by atoms with Crippen molar-refractivity contribution in [2.24, 2.45) is 11.8 Å². The number of nitrogens with one attached hydrogen (secondary N) is 1. The molecular weight excluding hydrogens is 390 g/mol. The third-order valence-electron chi connectivity index (χ3n) is 6.14. The summed E-state index contributed by atoms with van der Waals surface area (Å²) in [5.74, 6) is 0.982. The van der Waals surface area contributed by atoms with E-state index in [9.17, 15) is 13.2 Å². The quantitative estimate of drug-likeness (QED) is 0.725. The molecule has 2 fully saturated rings. The Morgan fingerprint density at radius 3 is 2.48 bits per heavy atom. The first kappa shape index (κ1) is 22.1. The smallest absolute Gasteiger partial charge is 0.243 e. The van der Waals surface area contributed by atoms with Gasteiger partial charge in [-0.2, -0.15) is 4.31 Å². The molecule has 0 bridgehead atoms. The summed E-state index contributed by atoms with van der Waals surface area (Å²) in [7, 11) is 0.0882. The van der Waals surface area contributed by atoms with Crippen molar-refractivity contribution >= 4 is 15.9 Å². The highest BCUT2D eigenvalue weighted by molar-refractivity contribution is 7.89. The molecule has 1 aromatic rings. The maximum Gasteiger partial charge on any atom is 0.243 e. The van der Waals surface area contributed by atoms with Crippen LogP contribution in [0.1, 0.15) is 32.1 Å². The normalized spacial score (nSPS) is 22.3. The summed E-state index contributed by atoms with van der Waals surface area (Å²) >= 11 is 0. The van der Waals surface area contributed by atoms with Gasteiger partial charge in [0.1, 0.15) is 5.75 Å². The van der Waals surface area contributed by atoms with Crippen LogP contribution in [0.25, 0.3) is 0 Å². The SMILES string of the molecule is COc1ccc(S(=O)(=O)N2CCCC(C(=O)NCCC3CCN(C)CC3)C2)cc1. The summed E-state index contributed by atoms with van der Waals surface area (Å²) in [6.45, 7) is 3.62. The van der Waals surface area contributed by atoms with E-state index >= 15 is 0 Å². The van der Waals surface area contributed by atoms with Crippen molar-refractivity contribution in [1.29, 1.82) is 0 Å². The molecule has 0 saturated carbocycles. The summed E-state index contributed by atoms with van der Waals surface area (Å²) in [6.07, 6.45) is 4.80. The Morgan fingerprint density at radius 2 is 1.83 bits per heavy atom. The van der Waals surface area contributed by atoms with Gasteiger partial charge in [-0.25, -0.2) is 8.42 Å². The summed E-state index contributed by atoms with van der Waals surface area (Å²) in [5.41, 5.74) is 0. The lowest BCUT2D eigenvalue weighted by atomic mass is 9.93. The van der Waals surface area contributed by atoms with Gasteiger partial charge in [0.2, 0.25) is 15.9 Å². The lowest BCUT2D eigenvalue weighted by Gasteiger charge is -2.32. The number of amides is 1. The van der Waals surface area contributed by atoms with Crippen molar-refractivity contribution in [2.45, 2.75) is 37.0 Å². The molecule has 29 heavy (non-hydrogen) atoms. The van der Waals surface area contributed by atoms with Gasteiger partial charge in [0, 0.05) is 19.6 Å². The average Bonchev–Trinajstić information content (AvgIpc) is 2.75. The van der Waals surface area contributed by atoms with Crippen molar-refractivity contribution in [3.8, 4) is 5.75 Å². The van der Waals surface area contributed by atoms with Crippen molar-refractivity contribution in [3.05, 3.63) is 24.3 Å². The number of likely N-dealkylation sites (tertiary alicyclic amines) is 1. The first-order valence-electron chi connectivity index (χ1n) is 10.5. The summed E-state index contributed by atoms with van der Waals surface area (Å²) in [6, 6.07) is 6.40. The van der Waals surface area contributed by atoms with Crippen LogP contribution >= 0.6 is 0 Å². The molecule has 0 radical (unpaired) electrons. The Balaban J connectivity index is 1.51. The Kier molecular flexibility index (Phi) is 7.54. The van der Waals surface area contributed by atoms with Gasteiger partial charge in [0.15, 0.2) is 0 Å². The van der Waals surface area contributed by atoms with Crippen LogP contribution in [0, 0.1) is 11.8 Å². The molecule has 1 amide bonds. The van der Waals surface area contributed by atoms with Crippen LogP contribution in [0.4, 0.5) is 0 Å². The van der Waals surface area contributed by atoms with E-state index in [1.165, 1.54) is 17.1 Å². The van der Waals surface area contributed by atoms with Crippen LogP contribution in [0.3, 0.4) is 0 Å². The summed E-state index contributed by atoms with van der Waals surface area (Å²) < 4.78 is 32.4. The monoisotopic (exact) mass is 423 g/mol. The van der Waals surface area contributed by atoms with E-state index < -0.39 is 10.0 Å². The third kappa shape index (κ3) is 5.71. The lowest BCUT2D eigenvalue weighted by molar-refractivity contribution is -0.126. The minimum atomic E-state index is -3.60. The van der Waals surface area contributed by atoms with E-state index in [-0.39, 0.29) is 23.3 Å². The van der Waals surface area contributed by atoms with Crippen LogP contribution in [-0.2, 0) is 14.8 Å². The van der Waals surface area contributed by atoms with E-state index in [2.05, 4.69) is 17.3 Å². The number of sulfonamides is 1. The maximum absolute atomic E-state index is 13.0. The highest BCUT2D eigenvalue weighted by atomic mass is 32.2. The van der Waals surface area contributed by atoms with Crippen molar-refractivity contribution < 1.29 is 17.9 Å². The predicted molar refractivity (Wildman–Crippen MR) is 112 cm³/mol. The molecule has 0 aliphatic carbocycles. The van der Waals surface area contributed by atoms with Gasteiger partial charge in [0.25, 0.3) is 0 Å². The Hall–Kier alpha value is -1.64. The molecule has 7 nitrogen and oxygen atoms in total. The fourth-order valence-electron chi connectivity index (χ4n) is 4.17. The van der Waals surface area contributed by atoms with Crippen LogP contribution < -0.4 is 10.1 Å². The van der Waals surface area contributed by atoms with E-state index in [0.29, 0.717) is 31.2 Å². The van der Waals surface area contributed by atoms with Gasteiger partial charge in [-0.05, 0) is 82.4 Å². The number of hydrogen-bond donors (Lipinski definition) is 1. The molecule has 1 aromatic carbocycles. The Morgan fingerprint density at radius 1 is 1.14 bits per heavy atom. The minimum Gasteiger partial charge on any atom is -0.497 e. The fraction of sp³-hybridized carbons (Fsp3) is 0.667. The van der Waals surface area contributed by atoms with Crippen molar-refractivity contribution in [1.82, 2.24) is 14.5 Å². The molecule has 2 aliphatic rings. The molecule has 162 valence electrons. The largest absolute Gasteiger partial charge is 0.497 e. The van der Waals surface area contributed by atoms with Crippen LogP contribution in [0.5, 0.6) is 5.75 Å². The number of nitrogens with zero attached hydrogens (tertiary/aromatic N) is 2. The van der Waals surface area contributed by atoms with Crippen LogP contribution in [0.15, 0.2) is 29.2 Å². The topological polar surface area (TPSA) is 79.0 Å². The minimum absolute atomic E-state index is 0.0208. The van der Waals surface area contributed by atoms with Gasteiger partial charge >= 0.3 is 0 Å². The van der Waals surface area contributed by atoms with E-state index in [4.69, 9.17) is 4.74 Å². The molecule has 8 heteroatoms. The second kappa shape index (κ2) is 9.91. The van der Waals surface area contributed by atoms with E-state index in [1.807, 2.05) is 0 Å². The molecule has 0 aromatic heterocycles. The van der Waals surface area contributed by atoms with Crippen molar-refractivity contribution in [3.63, 3.8) is 0 Å².